The van der Waals surface area contributed by atoms with Crippen LogP contribution in [0.1, 0.15) is 11.1 Å². The minimum Gasteiger partial charge on any atom is -0.464 e. The lowest BCUT2D eigenvalue weighted by Crippen LogP contribution is -1.94. The van der Waals surface area contributed by atoms with E-state index in [-0.39, 0.29) is 0 Å². The van der Waals surface area contributed by atoms with E-state index < -0.39 is 0 Å². The van der Waals surface area contributed by atoms with Crippen molar-refractivity contribution in [3.05, 3.63) is 34.5 Å². The Bertz CT molecular complexity index is 447. The summed E-state index contributed by atoms with van der Waals surface area (Å²) in [6.07, 6.45) is 1.69. The lowest BCUT2D eigenvalue weighted by atomic mass is 10.1. The van der Waals surface area contributed by atoms with Crippen LogP contribution in [0.5, 0.6) is 0 Å². The molecule has 2 rings (SSSR count). The van der Waals surface area contributed by atoms with E-state index in [0.717, 1.165) is 27.1 Å². The van der Waals surface area contributed by atoms with Crippen molar-refractivity contribution in [1.29, 1.82) is 0 Å². The van der Waals surface area contributed by atoms with Gasteiger partial charge in [-0.15, -0.1) is 0 Å². The second-order valence-electron chi connectivity index (χ2n) is 3.06. The van der Waals surface area contributed by atoms with Gasteiger partial charge in [-0.3, -0.25) is 0 Å². The summed E-state index contributed by atoms with van der Waals surface area (Å²) in [6.45, 7) is 2.45. The van der Waals surface area contributed by atoms with Gasteiger partial charge in [0.05, 0.1) is 6.26 Å². The molecule has 1 heterocycles. The Morgan fingerprint density at radius 3 is 2.92 bits per heavy atom. The minimum absolute atomic E-state index is 0.479. The second kappa shape index (κ2) is 3.05. The van der Waals surface area contributed by atoms with Crippen LogP contribution in [0.15, 0.2) is 22.8 Å². The zero-order valence-corrected chi connectivity index (χ0v) is 8.06. The second-order valence-corrected chi connectivity index (χ2v) is 3.50. The van der Waals surface area contributed by atoms with Gasteiger partial charge in [0.15, 0.2) is 0 Å². The van der Waals surface area contributed by atoms with Crippen LogP contribution < -0.4 is 5.73 Å². The van der Waals surface area contributed by atoms with Crippen LogP contribution in [0.25, 0.3) is 11.0 Å². The molecule has 0 aliphatic carbocycles. The van der Waals surface area contributed by atoms with E-state index in [1.807, 2.05) is 19.1 Å². The van der Waals surface area contributed by atoms with E-state index in [1.54, 1.807) is 6.26 Å². The summed E-state index contributed by atoms with van der Waals surface area (Å²) in [7, 11) is 0. The summed E-state index contributed by atoms with van der Waals surface area (Å²) in [6, 6.07) is 3.77. The molecule has 2 aromatic rings. The molecule has 0 aliphatic heterocycles. The Morgan fingerprint density at radius 2 is 2.23 bits per heavy atom. The molecule has 0 atom stereocenters. The summed E-state index contributed by atoms with van der Waals surface area (Å²) in [5.41, 5.74) is 8.48. The van der Waals surface area contributed by atoms with Gasteiger partial charge < -0.3 is 10.2 Å². The van der Waals surface area contributed by atoms with Crippen LogP contribution in [0.2, 0.25) is 5.02 Å². The van der Waals surface area contributed by atoms with E-state index in [1.165, 1.54) is 0 Å². The third-order valence-electron chi connectivity index (χ3n) is 2.12. The highest BCUT2D eigenvalue weighted by Crippen LogP contribution is 2.27. The van der Waals surface area contributed by atoms with Crippen LogP contribution in [0, 0.1) is 6.92 Å². The molecule has 0 unspecified atom stereocenters. The monoisotopic (exact) mass is 195 g/mol. The molecule has 0 saturated heterocycles. The van der Waals surface area contributed by atoms with Crippen LogP contribution in [-0.2, 0) is 6.54 Å². The fourth-order valence-corrected chi connectivity index (χ4v) is 1.75. The Kier molecular flexibility index (Phi) is 2.02. The number of hydrogen-bond acceptors (Lipinski definition) is 2. The standard InChI is InChI=1S/C10H10ClNO/c1-6-2-8(11)3-9-7(4-12)5-13-10(6)9/h2-3,5H,4,12H2,1H3. The Balaban J connectivity index is 2.82. The molecule has 0 bridgehead atoms. The quantitative estimate of drug-likeness (QED) is 0.760. The first-order valence-electron chi connectivity index (χ1n) is 4.08. The maximum atomic E-state index is 5.93. The molecule has 1 aromatic carbocycles. The van der Waals surface area contributed by atoms with Crippen LogP contribution in [0.3, 0.4) is 0 Å². The zero-order chi connectivity index (χ0) is 9.42. The number of nitrogens with two attached hydrogens (primary N) is 1. The lowest BCUT2D eigenvalue weighted by molar-refractivity contribution is 0.608. The van der Waals surface area contributed by atoms with Crippen molar-refractivity contribution < 1.29 is 4.42 Å². The number of furan rings is 1. The number of fused-ring (bicyclic) bond motifs is 1. The number of halogens is 1. The first-order valence-corrected chi connectivity index (χ1v) is 4.46. The summed E-state index contributed by atoms with van der Waals surface area (Å²) in [5, 5.41) is 1.74. The smallest absolute Gasteiger partial charge is 0.137 e. The predicted octanol–water partition coefficient (Wildman–Crippen LogP) is 2.85. The molecule has 0 aliphatic rings. The molecule has 3 heteroatoms. The van der Waals surface area contributed by atoms with E-state index in [4.69, 9.17) is 21.8 Å². The first-order chi connectivity index (χ1) is 6.22. The maximum absolute atomic E-state index is 5.93. The summed E-state index contributed by atoms with van der Waals surface area (Å²) in [4.78, 5) is 0. The Labute approximate surface area is 81.3 Å². The summed E-state index contributed by atoms with van der Waals surface area (Å²) in [5.74, 6) is 0. The van der Waals surface area contributed by atoms with Crippen molar-refractivity contribution in [2.75, 3.05) is 0 Å². The van der Waals surface area contributed by atoms with Gasteiger partial charge in [-0.05, 0) is 24.6 Å². The molecule has 2 nitrogen and oxygen atoms in total. The third-order valence-corrected chi connectivity index (χ3v) is 2.34. The predicted molar refractivity (Wildman–Crippen MR) is 53.9 cm³/mol. The van der Waals surface area contributed by atoms with Crippen molar-refractivity contribution in [1.82, 2.24) is 0 Å². The largest absolute Gasteiger partial charge is 0.464 e. The molecule has 1 aromatic heterocycles. The van der Waals surface area contributed by atoms with Crippen LogP contribution in [0.4, 0.5) is 0 Å². The number of hydrogen-bond donors (Lipinski definition) is 1. The normalized spacial score (nSPS) is 11.0. The average Bonchev–Trinajstić information content (AvgIpc) is 2.47. The zero-order valence-electron chi connectivity index (χ0n) is 7.30. The fraction of sp³-hybridized carbons (Fsp3) is 0.200. The van der Waals surface area contributed by atoms with Crippen LogP contribution in [-0.4, -0.2) is 0 Å². The maximum Gasteiger partial charge on any atom is 0.137 e. The molecule has 0 radical (unpaired) electrons. The van der Waals surface area contributed by atoms with Crippen molar-refractivity contribution >= 4 is 22.6 Å². The molecule has 0 amide bonds. The summed E-state index contributed by atoms with van der Waals surface area (Å²) < 4.78 is 5.39. The van der Waals surface area contributed by atoms with Gasteiger partial charge in [0, 0.05) is 22.5 Å². The Morgan fingerprint density at radius 1 is 1.46 bits per heavy atom. The Hall–Kier alpha value is -0.990. The third kappa shape index (κ3) is 1.32. The van der Waals surface area contributed by atoms with Gasteiger partial charge in [-0.2, -0.15) is 0 Å². The summed E-state index contributed by atoms with van der Waals surface area (Å²) >= 11 is 5.93. The molecular weight excluding hydrogens is 186 g/mol. The SMILES string of the molecule is Cc1cc(Cl)cc2c(CN)coc12. The molecule has 0 spiro atoms. The van der Waals surface area contributed by atoms with Crippen molar-refractivity contribution in [3.8, 4) is 0 Å². The number of benzene rings is 1. The highest BCUT2D eigenvalue weighted by atomic mass is 35.5. The highest BCUT2D eigenvalue weighted by molar-refractivity contribution is 6.31. The highest BCUT2D eigenvalue weighted by Gasteiger charge is 2.07. The molecule has 0 saturated carbocycles. The van der Waals surface area contributed by atoms with E-state index in [2.05, 4.69) is 0 Å². The minimum atomic E-state index is 0.479. The molecule has 68 valence electrons. The molecule has 2 N–H and O–H groups in total. The van der Waals surface area contributed by atoms with Crippen molar-refractivity contribution in [3.63, 3.8) is 0 Å². The lowest BCUT2D eigenvalue weighted by Gasteiger charge is -1.97. The van der Waals surface area contributed by atoms with Crippen molar-refractivity contribution in [2.45, 2.75) is 13.5 Å². The van der Waals surface area contributed by atoms with E-state index in [9.17, 15) is 0 Å². The molecule has 0 fully saturated rings. The fourth-order valence-electron chi connectivity index (χ4n) is 1.48. The van der Waals surface area contributed by atoms with Gasteiger partial charge >= 0.3 is 0 Å². The van der Waals surface area contributed by atoms with Gasteiger partial charge in [0.1, 0.15) is 5.58 Å². The molecular formula is C10H10ClNO. The van der Waals surface area contributed by atoms with Gasteiger partial charge in [-0.1, -0.05) is 11.6 Å². The van der Waals surface area contributed by atoms with E-state index in [0.29, 0.717) is 6.54 Å². The van der Waals surface area contributed by atoms with E-state index >= 15 is 0 Å². The van der Waals surface area contributed by atoms with Gasteiger partial charge in [-0.25, -0.2) is 0 Å². The van der Waals surface area contributed by atoms with Gasteiger partial charge in [0.25, 0.3) is 0 Å². The van der Waals surface area contributed by atoms with Crippen molar-refractivity contribution in [2.24, 2.45) is 5.73 Å². The number of rotatable bonds is 1. The number of aryl methyl sites for hydroxylation is 1. The van der Waals surface area contributed by atoms with Crippen LogP contribution >= 0.6 is 11.6 Å². The van der Waals surface area contributed by atoms with Gasteiger partial charge in [0.2, 0.25) is 0 Å². The molecule has 13 heavy (non-hydrogen) atoms. The first kappa shape index (κ1) is 8.60. The topological polar surface area (TPSA) is 39.2 Å². The average molecular weight is 196 g/mol.